The van der Waals surface area contributed by atoms with Gasteiger partial charge in [0.2, 0.25) is 5.91 Å². The van der Waals surface area contributed by atoms with Crippen LogP contribution in [-0.4, -0.2) is 29.9 Å². The number of thioether (sulfide) groups is 1. The fraction of sp³-hybridized carbons (Fsp3) is 0.238. The number of amides is 1. The molecule has 0 saturated heterocycles. The summed E-state index contributed by atoms with van der Waals surface area (Å²) in [6.07, 6.45) is 0.363. The van der Waals surface area contributed by atoms with Crippen LogP contribution in [-0.2, 0) is 17.0 Å². The van der Waals surface area contributed by atoms with Crippen LogP contribution in [0.25, 0.3) is 0 Å². The van der Waals surface area contributed by atoms with Gasteiger partial charge in [-0.3, -0.25) is 4.79 Å². The second-order valence-corrected chi connectivity index (χ2v) is 8.82. The molecule has 3 rings (SSSR count). The van der Waals surface area contributed by atoms with Crippen molar-refractivity contribution in [3.8, 4) is 0 Å². The van der Waals surface area contributed by atoms with Crippen molar-refractivity contribution in [2.24, 2.45) is 0 Å². The number of carbonyl (C=O) groups is 1. The van der Waals surface area contributed by atoms with E-state index in [2.05, 4.69) is 46.8 Å². The normalized spacial score (nSPS) is 12.0. The Hall–Kier alpha value is -1.82. The van der Waals surface area contributed by atoms with Gasteiger partial charge in [-0.15, -0.1) is 23.1 Å². The molecule has 1 heterocycles. The molecular weight excluding hydrogens is 396 g/mol. The first-order valence-corrected chi connectivity index (χ1v) is 10.9. The summed E-state index contributed by atoms with van der Waals surface area (Å²) in [5.41, 5.74) is 3.48. The van der Waals surface area contributed by atoms with Crippen LogP contribution < -0.4 is 0 Å². The molecule has 0 aliphatic rings. The Morgan fingerprint density at radius 3 is 2.44 bits per heavy atom. The Kier molecular flexibility index (Phi) is 6.94. The molecule has 1 atom stereocenters. The zero-order chi connectivity index (χ0) is 19.2. The van der Waals surface area contributed by atoms with Crippen LogP contribution in [0.5, 0.6) is 0 Å². The lowest BCUT2D eigenvalue weighted by Crippen LogP contribution is -2.23. The average molecular weight is 417 g/mol. The fourth-order valence-corrected chi connectivity index (χ4v) is 4.80. The minimum Gasteiger partial charge on any atom is -0.348 e. The molecule has 1 aromatic heterocycles. The summed E-state index contributed by atoms with van der Waals surface area (Å²) in [6, 6.07) is 18.5. The summed E-state index contributed by atoms with van der Waals surface area (Å²) in [4.78, 5) is 18.1. The van der Waals surface area contributed by atoms with Gasteiger partial charge < -0.3 is 4.90 Å². The van der Waals surface area contributed by atoms with Gasteiger partial charge in [0, 0.05) is 30.3 Å². The highest BCUT2D eigenvalue weighted by molar-refractivity contribution is 7.98. The van der Waals surface area contributed by atoms with Gasteiger partial charge in [0.15, 0.2) is 0 Å². The molecule has 0 spiro atoms. The van der Waals surface area contributed by atoms with E-state index in [4.69, 9.17) is 11.6 Å². The highest BCUT2D eigenvalue weighted by atomic mass is 35.5. The second-order valence-electron chi connectivity index (χ2n) is 6.35. The first kappa shape index (κ1) is 19.9. The van der Waals surface area contributed by atoms with Gasteiger partial charge in [0.05, 0.1) is 17.4 Å². The number of rotatable bonds is 7. The Morgan fingerprint density at radius 2 is 1.78 bits per heavy atom. The summed E-state index contributed by atoms with van der Waals surface area (Å²) in [5.74, 6) is 0.862. The van der Waals surface area contributed by atoms with Crippen molar-refractivity contribution in [3.63, 3.8) is 0 Å². The van der Waals surface area contributed by atoms with Crippen LogP contribution in [0.4, 0.5) is 0 Å². The van der Waals surface area contributed by atoms with Gasteiger partial charge in [-0.2, -0.15) is 0 Å². The number of aromatic nitrogens is 1. The number of nitrogens with zero attached hydrogens (tertiary/aromatic N) is 2. The number of halogens is 1. The summed E-state index contributed by atoms with van der Waals surface area (Å²) in [6.45, 7) is 0. The Labute approximate surface area is 173 Å². The standard InChI is InChI=1S/C21H21ClN2OS2/c1-24(2)20(25)12-19-23-18(13-26-19)14-27-21(15-6-4-3-5-7-15)16-8-10-17(22)11-9-16/h3-11,13,21H,12,14H2,1-2H3. The SMILES string of the molecule is CN(C)C(=O)Cc1nc(CSC(c2ccccc2)c2ccc(Cl)cc2)cs1. The van der Waals surface area contributed by atoms with Crippen molar-refractivity contribution in [3.05, 3.63) is 86.8 Å². The molecule has 140 valence electrons. The average Bonchev–Trinajstić information content (AvgIpc) is 3.11. The summed E-state index contributed by atoms with van der Waals surface area (Å²) < 4.78 is 0. The van der Waals surface area contributed by atoms with Crippen LogP contribution in [0.2, 0.25) is 5.02 Å². The first-order valence-electron chi connectivity index (χ1n) is 8.58. The smallest absolute Gasteiger partial charge is 0.228 e. The zero-order valence-electron chi connectivity index (χ0n) is 15.3. The van der Waals surface area contributed by atoms with E-state index in [1.165, 1.54) is 11.1 Å². The number of carbonyl (C=O) groups excluding carboxylic acids is 1. The van der Waals surface area contributed by atoms with E-state index in [0.29, 0.717) is 6.42 Å². The summed E-state index contributed by atoms with van der Waals surface area (Å²) in [7, 11) is 3.53. The molecule has 1 unspecified atom stereocenters. The largest absolute Gasteiger partial charge is 0.348 e. The predicted molar refractivity (Wildman–Crippen MR) is 116 cm³/mol. The molecule has 0 aliphatic heterocycles. The van der Waals surface area contributed by atoms with Crippen molar-refractivity contribution in [2.45, 2.75) is 17.4 Å². The fourth-order valence-electron chi connectivity index (χ4n) is 2.60. The Bertz CT molecular complexity index is 879. The van der Waals surface area contributed by atoms with Crippen molar-refractivity contribution in [1.82, 2.24) is 9.88 Å². The topological polar surface area (TPSA) is 33.2 Å². The molecule has 3 nitrogen and oxygen atoms in total. The van der Waals surface area contributed by atoms with Crippen LogP contribution >= 0.6 is 34.7 Å². The van der Waals surface area contributed by atoms with E-state index >= 15 is 0 Å². The molecule has 2 aromatic carbocycles. The van der Waals surface area contributed by atoms with Gasteiger partial charge >= 0.3 is 0 Å². The van der Waals surface area contributed by atoms with Crippen molar-refractivity contribution < 1.29 is 4.79 Å². The molecule has 3 aromatic rings. The monoisotopic (exact) mass is 416 g/mol. The van der Waals surface area contributed by atoms with E-state index in [9.17, 15) is 4.79 Å². The van der Waals surface area contributed by atoms with Gasteiger partial charge in [-0.05, 0) is 23.3 Å². The second kappa shape index (κ2) is 9.40. The first-order chi connectivity index (χ1) is 13.0. The molecule has 27 heavy (non-hydrogen) atoms. The van der Waals surface area contributed by atoms with E-state index in [1.54, 1.807) is 30.3 Å². The summed E-state index contributed by atoms with van der Waals surface area (Å²) >= 11 is 9.44. The lowest BCUT2D eigenvalue weighted by atomic mass is 10.0. The number of benzene rings is 2. The van der Waals surface area contributed by atoms with Crippen LogP contribution in [0.1, 0.15) is 27.1 Å². The van der Waals surface area contributed by atoms with E-state index < -0.39 is 0 Å². The third kappa shape index (κ3) is 5.58. The predicted octanol–water partition coefficient (Wildman–Crippen LogP) is 5.45. The number of likely N-dealkylation sites (N-methyl/N-ethyl adjacent to an activating group) is 1. The number of thiazole rings is 1. The van der Waals surface area contributed by atoms with Gasteiger partial charge in [0.1, 0.15) is 5.01 Å². The van der Waals surface area contributed by atoms with Gasteiger partial charge in [-0.25, -0.2) is 4.98 Å². The van der Waals surface area contributed by atoms with Crippen LogP contribution in [0, 0.1) is 0 Å². The highest BCUT2D eigenvalue weighted by Gasteiger charge is 2.16. The molecule has 0 aliphatic carbocycles. The van der Waals surface area contributed by atoms with E-state index in [-0.39, 0.29) is 11.2 Å². The van der Waals surface area contributed by atoms with Crippen molar-refractivity contribution in [1.29, 1.82) is 0 Å². The molecule has 1 amide bonds. The van der Waals surface area contributed by atoms with E-state index in [1.807, 2.05) is 30.0 Å². The molecule has 0 radical (unpaired) electrons. The minimum atomic E-state index is 0.0758. The number of hydrogen-bond acceptors (Lipinski definition) is 4. The molecular formula is C21H21ClN2OS2. The molecule has 6 heteroatoms. The summed E-state index contributed by atoms with van der Waals surface area (Å²) in [5, 5.41) is 3.86. The third-order valence-electron chi connectivity index (χ3n) is 4.07. The zero-order valence-corrected chi connectivity index (χ0v) is 17.7. The van der Waals surface area contributed by atoms with E-state index in [0.717, 1.165) is 21.5 Å². The van der Waals surface area contributed by atoms with Gasteiger partial charge in [-0.1, -0.05) is 54.1 Å². The maximum Gasteiger partial charge on any atom is 0.228 e. The van der Waals surface area contributed by atoms with Crippen LogP contribution in [0.15, 0.2) is 60.0 Å². The molecule has 0 bridgehead atoms. The molecule has 0 saturated carbocycles. The Morgan fingerprint density at radius 1 is 1.11 bits per heavy atom. The number of hydrogen-bond donors (Lipinski definition) is 0. The maximum absolute atomic E-state index is 11.9. The van der Waals surface area contributed by atoms with Crippen molar-refractivity contribution in [2.75, 3.05) is 14.1 Å². The minimum absolute atomic E-state index is 0.0758. The molecule has 0 N–H and O–H groups in total. The van der Waals surface area contributed by atoms with Gasteiger partial charge in [0.25, 0.3) is 0 Å². The Balaban J connectivity index is 1.73. The van der Waals surface area contributed by atoms with Crippen molar-refractivity contribution >= 4 is 40.6 Å². The highest BCUT2D eigenvalue weighted by Crippen LogP contribution is 2.38. The lowest BCUT2D eigenvalue weighted by Gasteiger charge is -2.17. The maximum atomic E-state index is 11.9. The third-order valence-corrected chi connectivity index (χ3v) is 6.56. The van der Waals surface area contributed by atoms with Crippen LogP contribution in [0.3, 0.4) is 0 Å². The quantitative estimate of drug-likeness (QED) is 0.513. The molecule has 0 fully saturated rings. The lowest BCUT2D eigenvalue weighted by molar-refractivity contribution is -0.127.